The SMILES string of the molecule is CCC(OC)C(C)/C=C/C(O[Si](C)(C)C(C)(C)C)C(C)CO. The molecule has 0 heterocycles. The third kappa shape index (κ3) is 6.53. The average Bonchev–Trinajstić information content (AvgIpc) is 2.42. The van der Waals surface area contributed by atoms with Gasteiger partial charge < -0.3 is 14.3 Å². The highest BCUT2D eigenvalue weighted by atomic mass is 28.4. The Morgan fingerprint density at radius 2 is 1.68 bits per heavy atom. The van der Waals surface area contributed by atoms with E-state index in [0.717, 1.165) is 6.42 Å². The molecule has 22 heavy (non-hydrogen) atoms. The molecule has 0 fully saturated rings. The van der Waals surface area contributed by atoms with Crippen LogP contribution in [0, 0.1) is 11.8 Å². The Hall–Kier alpha value is -0.163. The number of rotatable bonds is 9. The third-order valence-corrected chi connectivity index (χ3v) is 9.46. The van der Waals surface area contributed by atoms with Gasteiger partial charge in [0.15, 0.2) is 8.32 Å². The van der Waals surface area contributed by atoms with E-state index < -0.39 is 8.32 Å². The van der Waals surface area contributed by atoms with Crippen LogP contribution in [0.5, 0.6) is 0 Å². The van der Waals surface area contributed by atoms with Crippen molar-refractivity contribution in [2.75, 3.05) is 13.7 Å². The summed E-state index contributed by atoms with van der Waals surface area (Å²) in [6, 6.07) is 0. The molecule has 1 N–H and O–H groups in total. The highest BCUT2D eigenvalue weighted by Crippen LogP contribution is 2.38. The summed E-state index contributed by atoms with van der Waals surface area (Å²) in [7, 11) is -0.0941. The molecule has 0 aromatic rings. The van der Waals surface area contributed by atoms with Gasteiger partial charge in [-0.1, -0.05) is 53.7 Å². The fourth-order valence-electron chi connectivity index (χ4n) is 2.13. The zero-order valence-electron chi connectivity index (χ0n) is 16.1. The number of aliphatic hydroxyl groups is 1. The highest BCUT2D eigenvalue weighted by Gasteiger charge is 2.39. The van der Waals surface area contributed by atoms with Crippen molar-refractivity contribution in [1.29, 1.82) is 0 Å². The lowest BCUT2D eigenvalue weighted by Gasteiger charge is -2.40. The second-order valence-electron chi connectivity index (χ2n) is 7.93. The predicted molar refractivity (Wildman–Crippen MR) is 97.7 cm³/mol. The Balaban J connectivity index is 5.09. The van der Waals surface area contributed by atoms with Crippen molar-refractivity contribution in [2.24, 2.45) is 11.8 Å². The fourth-order valence-corrected chi connectivity index (χ4v) is 3.47. The highest BCUT2D eigenvalue weighted by molar-refractivity contribution is 6.74. The normalized spacial score (nSPS) is 19.2. The van der Waals surface area contributed by atoms with Gasteiger partial charge in [0.05, 0.1) is 12.2 Å². The van der Waals surface area contributed by atoms with Crippen LogP contribution in [0.15, 0.2) is 12.2 Å². The summed E-state index contributed by atoms with van der Waals surface area (Å²) in [5, 5.41) is 9.71. The molecule has 0 aliphatic heterocycles. The maximum Gasteiger partial charge on any atom is 0.192 e. The number of hydrogen-bond acceptors (Lipinski definition) is 3. The molecule has 4 unspecified atom stereocenters. The van der Waals surface area contributed by atoms with Gasteiger partial charge in [-0.05, 0) is 24.6 Å². The van der Waals surface area contributed by atoms with Gasteiger partial charge in [-0.3, -0.25) is 0 Å². The number of hydrogen-bond donors (Lipinski definition) is 1. The molecule has 0 spiro atoms. The van der Waals surface area contributed by atoms with Gasteiger partial charge in [-0.15, -0.1) is 0 Å². The van der Waals surface area contributed by atoms with Crippen molar-refractivity contribution >= 4 is 8.32 Å². The minimum Gasteiger partial charge on any atom is -0.410 e. The van der Waals surface area contributed by atoms with E-state index >= 15 is 0 Å². The quantitative estimate of drug-likeness (QED) is 0.495. The minimum atomic E-state index is -1.86. The molecule has 0 saturated heterocycles. The molecule has 0 bridgehead atoms. The molecule has 0 amide bonds. The molecule has 0 aliphatic rings. The lowest BCUT2D eigenvalue weighted by atomic mass is 9.99. The molecule has 0 radical (unpaired) electrons. The Morgan fingerprint density at radius 3 is 2.05 bits per heavy atom. The van der Waals surface area contributed by atoms with Crippen molar-refractivity contribution in [3.8, 4) is 0 Å². The monoisotopic (exact) mass is 330 g/mol. The summed E-state index contributed by atoms with van der Waals surface area (Å²) in [6.45, 7) is 17.7. The van der Waals surface area contributed by atoms with Crippen LogP contribution in [-0.2, 0) is 9.16 Å². The van der Waals surface area contributed by atoms with Crippen molar-refractivity contribution in [1.82, 2.24) is 0 Å². The van der Waals surface area contributed by atoms with Crippen LogP contribution in [0.25, 0.3) is 0 Å². The Labute approximate surface area is 139 Å². The zero-order valence-corrected chi connectivity index (χ0v) is 17.1. The maximum absolute atomic E-state index is 9.55. The molecule has 0 aromatic heterocycles. The van der Waals surface area contributed by atoms with Crippen LogP contribution in [-0.4, -0.2) is 39.3 Å². The largest absolute Gasteiger partial charge is 0.410 e. The number of methoxy groups -OCH3 is 1. The van der Waals surface area contributed by atoms with Crippen molar-refractivity contribution in [3.05, 3.63) is 12.2 Å². The lowest BCUT2D eigenvalue weighted by Crippen LogP contribution is -2.45. The topological polar surface area (TPSA) is 38.7 Å². The van der Waals surface area contributed by atoms with Crippen LogP contribution in [0.2, 0.25) is 18.1 Å². The fraction of sp³-hybridized carbons (Fsp3) is 0.889. The minimum absolute atomic E-state index is 0.0392. The first-order chi connectivity index (χ1) is 10.00. The molecule has 3 nitrogen and oxygen atoms in total. The van der Waals surface area contributed by atoms with Crippen LogP contribution < -0.4 is 0 Å². The van der Waals surface area contributed by atoms with Gasteiger partial charge in [0.25, 0.3) is 0 Å². The summed E-state index contributed by atoms with van der Waals surface area (Å²) in [5.41, 5.74) is 0. The van der Waals surface area contributed by atoms with E-state index in [2.05, 4.69) is 59.9 Å². The van der Waals surface area contributed by atoms with Gasteiger partial charge >= 0.3 is 0 Å². The summed E-state index contributed by atoms with van der Waals surface area (Å²) < 4.78 is 12.0. The van der Waals surface area contributed by atoms with E-state index in [1.165, 1.54) is 0 Å². The predicted octanol–water partition coefficient (Wildman–Crippen LogP) is 4.62. The maximum atomic E-state index is 9.55. The van der Waals surface area contributed by atoms with E-state index in [1.54, 1.807) is 7.11 Å². The second-order valence-corrected chi connectivity index (χ2v) is 12.7. The van der Waals surface area contributed by atoms with Crippen molar-refractivity contribution in [3.63, 3.8) is 0 Å². The lowest BCUT2D eigenvalue weighted by molar-refractivity contribution is 0.0702. The molecule has 4 atom stereocenters. The van der Waals surface area contributed by atoms with Gasteiger partial charge in [0, 0.05) is 25.6 Å². The van der Waals surface area contributed by atoms with E-state index in [-0.39, 0.29) is 29.8 Å². The molecule has 4 heteroatoms. The molecule has 0 saturated carbocycles. The van der Waals surface area contributed by atoms with Crippen LogP contribution in [0.4, 0.5) is 0 Å². The first-order valence-electron chi connectivity index (χ1n) is 8.49. The summed E-state index contributed by atoms with van der Waals surface area (Å²) in [5.74, 6) is 0.437. The van der Waals surface area contributed by atoms with Gasteiger partial charge in [-0.25, -0.2) is 0 Å². The standard InChI is InChI=1S/C18H38O3Si/c1-10-16(20-7)14(2)11-12-17(15(3)13-19)21-22(8,9)18(4,5)6/h11-12,14-17,19H,10,13H2,1-9H3/b12-11+. The smallest absolute Gasteiger partial charge is 0.192 e. The van der Waals surface area contributed by atoms with Crippen LogP contribution in [0.1, 0.15) is 48.0 Å². The second kappa shape index (κ2) is 9.21. The average molecular weight is 331 g/mol. The van der Waals surface area contributed by atoms with Gasteiger partial charge in [0.1, 0.15) is 0 Å². The third-order valence-electron chi connectivity index (χ3n) is 4.98. The molecule has 0 aromatic carbocycles. The molecule has 0 aliphatic carbocycles. The molecule has 132 valence electrons. The molecule has 0 rings (SSSR count). The Kier molecular flexibility index (Phi) is 9.14. The van der Waals surface area contributed by atoms with E-state index in [0.29, 0.717) is 5.92 Å². The van der Waals surface area contributed by atoms with Crippen LogP contribution in [0.3, 0.4) is 0 Å². The van der Waals surface area contributed by atoms with E-state index in [1.807, 2.05) is 6.92 Å². The number of aliphatic hydroxyl groups excluding tert-OH is 1. The van der Waals surface area contributed by atoms with Crippen molar-refractivity contribution < 1.29 is 14.3 Å². The summed E-state index contributed by atoms with van der Waals surface area (Å²) >= 11 is 0. The van der Waals surface area contributed by atoms with Gasteiger partial charge in [0.2, 0.25) is 0 Å². The zero-order chi connectivity index (χ0) is 17.6. The van der Waals surface area contributed by atoms with Gasteiger partial charge in [-0.2, -0.15) is 0 Å². The first kappa shape index (κ1) is 21.8. The van der Waals surface area contributed by atoms with Crippen molar-refractivity contribution in [2.45, 2.75) is 78.3 Å². The van der Waals surface area contributed by atoms with E-state index in [9.17, 15) is 5.11 Å². The van der Waals surface area contributed by atoms with E-state index in [4.69, 9.17) is 9.16 Å². The number of ether oxygens (including phenoxy) is 1. The Morgan fingerprint density at radius 1 is 1.14 bits per heavy atom. The summed E-state index contributed by atoms with van der Waals surface area (Å²) in [6.07, 6.45) is 5.50. The van der Waals surface area contributed by atoms with Crippen LogP contribution >= 0.6 is 0 Å². The summed E-state index contributed by atoms with van der Waals surface area (Å²) in [4.78, 5) is 0. The molecular weight excluding hydrogens is 292 g/mol. The molecular formula is C18H38O3Si. The first-order valence-corrected chi connectivity index (χ1v) is 11.4. The Bertz CT molecular complexity index is 330.